The van der Waals surface area contributed by atoms with Gasteiger partial charge in [0.15, 0.2) is 5.69 Å². The second kappa shape index (κ2) is 6.31. The van der Waals surface area contributed by atoms with Crippen molar-refractivity contribution in [2.75, 3.05) is 13.1 Å². The van der Waals surface area contributed by atoms with E-state index < -0.39 is 6.03 Å². The monoisotopic (exact) mass is 331 g/mol. The van der Waals surface area contributed by atoms with Crippen LogP contribution in [0.5, 0.6) is 0 Å². The predicted octanol–water partition coefficient (Wildman–Crippen LogP) is 1.20. The van der Waals surface area contributed by atoms with Gasteiger partial charge in [-0.25, -0.2) is 13.9 Å². The number of carbonyl (C=O) groups is 2. The highest BCUT2D eigenvalue weighted by Crippen LogP contribution is 2.15. The van der Waals surface area contributed by atoms with E-state index in [1.165, 1.54) is 21.7 Å². The van der Waals surface area contributed by atoms with Gasteiger partial charge in [0.2, 0.25) is 0 Å². The Kier molecular flexibility index (Phi) is 4.20. The third-order valence-electron chi connectivity index (χ3n) is 4.06. The van der Waals surface area contributed by atoms with Crippen molar-refractivity contribution in [1.29, 1.82) is 0 Å². The van der Waals surface area contributed by atoms with Crippen molar-refractivity contribution in [3.8, 4) is 5.69 Å². The van der Waals surface area contributed by atoms with E-state index in [1.807, 2.05) is 0 Å². The summed E-state index contributed by atoms with van der Waals surface area (Å²) in [5.74, 6) is -0.633. The van der Waals surface area contributed by atoms with Crippen LogP contribution >= 0.6 is 0 Å². The molecule has 24 heavy (non-hydrogen) atoms. The number of hydrogen-bond acceptors (Lipinski definition) is 3. The number of hydrogen-bond donors (Lipinski definition) is 2. The van der Waals surface area contributed by atoms with Crippen LogP contribution in [0.3, 0.4) is 0 Å². The molecule has 1 fully saturated rings. The minimum Gasteiger partial charge on any atom is -0.351 e. The Hall–Kier alpha value is -2.90. The highest BCUT2D eigenvalue weighted by atomic mass is 19.1. The lowest BCUT2D eigenvalue weighted by atomic mass is 10.2. The van der Waals surface area contributed by atoms with E-state index in [9.17, 15) is 14.0 Å². The Balaban J connectivity index is 1.69. The average molecular weight is 331 g/mol. The van der Waals surface area contributed by atoms with Gasteiger partial charge in [-0.05, 0) is 43.2 Å². The van der Waals surface area contributed by atoms with E-state index >= 15 is 0 Å². The summed E-state index contributed by atoms with van der Waals surface area (Å²) in [7, 11) is 0. The molecule has 3 rings (SSSR count). The Labute approximate surface area is 138 Å². The first-order valence-corrected chi connectivity index (χ1v) is 7.61. The van der Waals surface area contributed by atoms with E-state index in [0.29, 0.717) is 25.2 Å². The van der Waals surface area contributed by atoms with Crippen LogP contribution in [0.2, 0.25) is 0 Å². The molecule has 0 aliphatic carbocycles. The molecule has 1 aliphatic heterocycles. The molecular weight excluding hydrogens is 313 g/mol. The van der Waals surface area contributed by atoms with Crippen molar-refractivity contribution in [2.45, 2.75) is 19.4 Å². The molecular formula is C16H18FN5O2. The molecule has 3 N–H and O–H groups in total. The quantitative estimate of drug-likeness (QED) is 0.885. The van der Waals surface area contributed by atoms with Crippen LogP contribution in [0.25, 0.3) is 5.69 Å². The summed E-state index contributed by atoms with van der Waals surface area (Å²) in [6.45, 7) is 2.71. The summed E-state index contributed by atoms with van der Waals surface area (Å²) in [6.07, 6.45) is 2.31. The highest BCUT2D eigenvalue weighted by molar-refractivity contribution is 5.92. The minimum atomic E-state index is -0.484. The number of rotatable bonds is 3. The molecule has 1 aromatic carbocycles. The number of aromatic nitrogens is 2. The lowest BCUT2D eigenvalue weighted by molar-refractivity contribution is 0.0932. The first-order valence-electron chi connectivity index (χ1n) is 7.61. The number of aryl methyl sites for hydroxylation is 1. The van der Waals surface area contributed by atoms with Gasteiger partial charge in [0, 0.05) is 25.3 Å². The zero-order chi connectivity index (χ0) is 17.3. The van der Waals surface area contributed by atoms with Crippen LogP contribution in [0.1, 0.15) is 22.5 Å². The summed E-state index contributed by atoms with van der Waals surface area (Å²) in [4.78, 5) is 24.9. The number of amides is 3. The lowest BCUT2D eigenvalue weighted by Crippen LogP contribution is -2.40. The molecule has 3 amide bonds. The molecule has 0 saturated carbocycles. The second-order valence-electron chi connectivity index (χ2n) is 5.82. The Morgan fingerprint density at radius 1 is 1.38 bits per heavy atom. The normalized spacial score (nSPS) is 17.1. The zero-order valence-electron chi connectivity index (χ0n) is 13.2. The van der Waals surface area contributed by atoms with Gasteiger partial charge in [0.05, 0.1) is 5.69 Å². The van der Waals surface area contributed by atoms with Gasteiger partial charge in [-0.1, -0.05) is 0 Å². The molecule has 2 aromatic rings. The lowest BCUT2D eigenvalue weighted by Gasteiger charge is -2.14. The molecule has 0 bridgehead atoms. The molecule has 0 unspecified atom stereocenters. The SMILES string of the molecule is Cc1cc(F)ccc1-n1ccc(C(=O)N[C@H]2CCN(C(N)=O)C2)n1. The number of likely N-dealkylation sites (tertiary alicyclic amines) is 1. The molecule has 0 spiro atoms. The first kappa shape index (κ1) is 16.0. The number of nitrogens with zero attached hydrogens (tertiary/aromatic N) is 3. The van der Waals surface area contributed by atoms with E-state index in [-0.39, 0.29) is 23.5 Å². The molecule has 1 saturated heterocycles. The van der Waals surface area contributed by atoms with Crippen molar-refractivity contribution in [3.05, 3.63) is 47.5 Å². The van der Waals surface area contributed by atoms with Crippen LogP contribution in [-0.4, -0.2) is 45.8 Å². The fraction of sp³-hybridized carbons (Fsp3) is 0.312. The summed E-state index contributed by atoms with van der Waals surface area (Å²) in [5.41, 5.74) is 6.91. The molecule has 2 heterocycles. The Morgan fingerprint density at radius 3 is 2.83 bits per heavy atom. The summed E-state index contributed by atoms with van der Waals surface area (Å²) in [6, 6.07) is 5.35. The Bertz CT molecular complexity index is 789. The van der Waals surface area contributed by atoms with Crippen LogP contribution in [-0.2, 0) is 0 Å². The molecule has 0 radical (unpaired) electrons. The van der Waals surface area contributed by atoms with E-state index in [0.717, 1.165) is 5.56 Å². The highest BCUT2D eigenvalue weighted by Gasteiger charge is 2.26. The number of halogens is 1. The van der Waals surface area contributed by atoms with Gasteiger partial charge in [-0.2, -0.15) is 5.10 Å². The van der Waals surface area contributed by atoms with Crippen LogP contribution in [0, 0.1) is 12.7 Å². The van der Waals surface area contributed by atoms with Gasteiger partial charge in [0.25, 0.3) is 5.91 Å². The number of benzene rings is 1. The summed E-state index contributed by atoms with van der Waals surface area (Å²) >= 11 is 0. The largest absolute Gasteiger partial charge is 0.351 e. The van der Waals surface area contributed by atoms with Gasteiger partial charge in [-0.3, -0.25) is 4.79 Å². The minimum absolute atomic E-state index is 0.136. The summed E-state index contributed by atoms with van der Waals surface area (Å²) in [5, 5.41) is 7.09. The van der Waals surface area contributed by atoms with E-state index in [1.54, 1.807) is 25.3 Å². The standard InChI is InChI=1S/C16H18FN5O2/c1-10-8-11(17)2-3-14(10)22-7-5-13(20-22)15(23)19-12-4-6-21(9-12)16(18)24/h2-3,5,7-8,12H,4,6,9H2,1H3,(H2,18,24)(H,19,23)/t12-/m0/s1. The smallest absolute Gasteiger partial charge is 0.314 e. The molecule has 126 valence electrons. The van der Waals surface area contributed by atoms with E-state index in [2.05, 4.69) is 10.4 Å². The number of nitrogens with two attached hydrogens (primary N) is 1. The maximum atomic E-state index is 13.2. The third-order valence-corrected chi connectivity index (χ3v) is 4.06. The van der Waals surface area contributed by atoms with Crippen molar-refractivity contribution >= 4 is 11.9 Å². The first-order chi connectivity index (χ1) is 11.4. The van der Waals surface area contributed by atoms with Crippen molar-refractivity contribution in [3.63, 3.8) is 0 Å². The van der Waals surface area contributed by atoms with Crippen LogP contribution in [0.15, 0.2) is 30.5 Å². The maximum absolute atomic E-state index is 13.2. The number of carbonyl (C=O) groups excluding carboxylic acids is 2. The molecule has 1 aliphatic rings. The van der Waals surface area contributed by atoms with Crippen molar-refractivity contribution in [1.82, 2.24) is 20.0 Å². The molecule has 7 nitrogen and oxygen atoms in total. The molecule has 1 aromatic heterocycles. The van der Waals surface area contributed by atoms with Crippen LogP contribution in [0.4, 0.5) is 9.18 Å². The third kappa shape index (κ3) is 3.22. The fourth-order valence-electron chi connectivity index (χ4n) is 2.79. The second-order valence-corrected chi connectivity index (χ2v) is 5.82. The average Bonchev–Trinajstić information content (AvgIpc) is 3.16. The van der Waals surface area contributed by atoms with Gasteiger partial charge >= 0.3 is 6.03 Å². The zero-order valence-corrected chi connectivity index (χ0v) is 13.2. The Morgan fingerprint density at radius 2 is 2.17 bits per heavy atom. The van der Waals surface area contributed by atoms with Crippen LogP contribution < -0.4 is 11.1 Å². The predicted molar refractivity (Wildman–Crippen MR) is 85.3 cm³/mol. The number of nitrogens with one attached hydrogen (secondary N) is 1. The molecule has 8 heteroatoms. The molecule has 1 atom stereocenters. The number of primary amides is 1. The maximum Gasteiger partial charge on any atom is 0.314 e. The fourth-order valence-corrected chi connectivity index (χ4v) is 2.79. The van der Waals surface area contributed by atoms with Gasteiger partial charge < -0.3 is 16.0 Å². The van der Waals surface area contributed by atoms with Crippen molar-refractivity contribution < 1.29 is 14.0 Å². The van der Waals surface area contributed by atoms with Gasteiger partial charge in [0.1, 0.15) is 5.82 Å². The van der Waals surface area contributed by atoms with E-state index in [4.69, 9.17) is 5.73 Å². The summed E-state index contributed by atoms with van der Waals surface area (Å²) < 4.78 is 14.7. The number of urea groups is 1. The van der Waals surface area contributed by atoms with Crippen molar-refractivity contribution in [2.24, 2.45) is 5.73 Å². The van der Waals surface area contributed by atoms with Gasteiger partial charge in [-0.15, -0.1) is 0 Å². The topological polar surface area (TPSA) is 93.3 Å².